The number of methoxy groups -OCH3 is 1. The Morgan fingerprint density at radius 3 is 2.73 bits per heavy atom. The van der Waals surface area contributed by atoms with Gasteiger partial charge in [0.2, 0.25) is 0 Å². The van der Waals surface area contributed by atoms with Crippen molar-refractivity contribution in [2.45, 2.75) is 12.8 Å². The molecule has 0 amide bonds. The molecule has 0 radical (unpaired) electrons. The number of aliphatic imine (C=N–C) groups is 1. The molecule has 2 aliphatic heterocycles. The van der Waals surface area contributed by atoms with Crippen molar-refractivity contribution in [3.8, 4) is 11.5 Å². The first-order valence-corrected chi connectivity index (χ1v) is 10.4. The van der Waals surface area contributed by atoms with Crippen molar-refractivity contribution < 1.29 is 9.47 Å². The fourth-order valence-corrected chi connectivity index (χ4v) is 4.03. The SMILES string of the molecule is CN=C(NCCc1ccc2c(c1)CCO2)N1CCN(c2cccc(OC)c2)CC1.I. The molecule has 2 aromatic rings. The lowest BCUT2D eigenvalue weighted by atomic mass is 10.1. The molecular formula is C23H31IN4O2. The van der Waals surface area contributed by atoms with Gasteiger partial charge in [-0.15, -0.1) is 24.0 Å². The standard InChI is InChI=1S/C23H30N4O2.HI/c1-24-23(25-10-8-18-6-7-22-19(16-18)9-15-29-22)27-13-11-26(12-14-27)20-4-3-5-21(17-20)28-2;/h3-7,16-17H,8-15H2,1-2H3,(H,24,25);1H. The molecule has 0 saturated carbocycles. The van der Waals surface area contributed by atoms with Gasteiger partial charge in [-0.2, -0.15) is 0 Å². The number of halogens is 1. The molecule has 1 N–H and O–H groups in total. The molecule has 0 spiro atoms. The second-order valence-corrected chi connectivity index (χ2v) is 7.44. The van der Waals surface area contributed by atoms with E-state index in [0.29, 0.717) is 0 Å². The minimum atomic E-state index is 0. The summed E-state index contributed by atoms with van der Waals surface area (Å²) >= 11 is 0. The highest BCUT2D eigenvalue weighted by molar-refractivity contribution is 14.0. The Morgan fingerprint density at radius 1 is 1.13 bits per heavy atom. The predicted molar refractivity (Wildman–Crippen MR) is 133 cm³/mol. The van der Waals surface area contributed by atoms with Crippen LogP contribution in [0, 0.1) is 0 Å². The van der Waals surface area contributed by atoms with Crippen LogP contribution in [0.3, 0.4) is 0 Å². The van der Waals surface area contributed by atoms with Gasteiger partial charge in [-0.05, 0) is 35.7 Å². The smallest absolute Gasteiger partial charge is 0.193 e. The van der Waals surface area contributed by atoms with Gasteiger partial charge >= 0.3 is 0 Å². The summed E-state index contributed by atoms with van der Waals surface area (Å²) in [4.78, 5) is 9.24. The molecule has 2 aromatic carbocycles. The van der Waals surface area contributed by atoms with Gasteiger partial charge in [-0.25, -0.2) is 0 Å². The Bertz CT molecular complexity index is 866. The van der Waals surface area contributed by atoms with E-state index in [1.54, 1.807) is 7.11 Å². The van der Waals surface area contributed by atoms with Gasteiger partial charge in [0.05, 0.1) is 13.7 Å². The number of rotatable bonds is 5. The number of benzene rings is 2. The highest BCUT2D eigenvalue weighted by Gasteiger charge is 2.20. The summed E-state index contributed by atoms with van der Waals surface area (Å²) in [6, 6.07) is 14.8. The summed E-state index contributed by atoms with van der Waals surface area (Å²) in [7, 11) is 3.58. The number of guanidine groups is 1. The molecule has 7 heteroatoms. The van der Waals surface area contributed by atoms with Crippen molar-refractivity contribution in [3.05, 3.63) is 53.6 Å². The largest absolute Gasteiger partial charge is 0.497 e. The molecule has 0 aliphatic carbocycles. The zero-order valence-corrected chi connectivity index (χ0v) is 20.1. The van der Waals surface area contributed by atoms with E-state index in [2.05, 4.69) is 50.4 Å². The zero-order valence-electron chi connectivity index (χ0n) is 17.8. The Hall–Kier alpha value is -2.16. The van der Waals surface area contributed by atoms with E-state index >= 15 is 0 Å². The van der Waals surface area contributed by atoms with Gasteiger partial charge < -0.3 is 24.6 Å². The quantitative estimate of drug-likeness (QED) is 0.372. The molecule has 0 bridgehead atoms. The molecule has 0 atom stereocenters. The first-order valence-electron chi connectivity index (χ1n) is 10.4. The van der Waals surface area contributed by atoms with E-state index in [0.717, 1.165) is 69.6 Å². The van der Waals surface area contributed by atoms with Crippen LogP contribution in [0.4, 0.5) is 5.69 Å². The van der Waals surface area contributed by atoms with Gasteiger partial charge in [0.25, 0.3) is 0 Å². The molecule has 0 aromatic heterocycles. The van der Waals surface area contributed by atoms with Crippen LogP contribution in [-0.4, -0.2) is 64.3 Å². The van der Waals surface area contributed by atoms with Gasteiger partial charge in [0, 0.05) is 57.9 Å². The molecular weight excluding hydrogens is 491 g/mol. The fourth-order valence-electron chi connectivity index (χ4n) is 4.03. The first-order chi connectivity index (χ1) is 14.3. The Morgan fingerprint density at radius 2 is 1.97 bits per heavy atom. The van der Waals surface area contributed by atoms with Crippen LogP contribution in [0.15, 0.2) is 47.5 Å². The molecule has 162 valence electrons. The molecule has 1 saturated heterocycles. The van der Waals surface area contributed by atoms with E-state index < -0.39 is 0 Å². The molecule has 2 aliphatic rings. The summed E-state index contributed by atoms with van der Waals surface area (Å²) in [6.07, 6.45) is 2.01. The van der Waals surface area contributed by atoms with Crippen LogP contribution < -0.4 is 19.7 Å². The van der Waals surface area contributed by atoms with Gasteiger partial charge in [-0.3, -0.25) is 4.99 Å². The van der Waals surface area contributed by atoms with Crippen molar-refractivity contribution in [3.63, 3.8) is 0 Å². The topological polar surface area (TPSA) is 49.3 Å². The number of fused-ring (bicyclic) bond motifs is 1. The Balaban J connectivity index is 0.00000256. The zero-order chi connectivity index (χ0) is 20.1. The number of hydrogen-bond acceptors (Lipinski definition) is 4. The number of anilines is 1. The van der Waals surface area contributed by atoms with E-state index in [1.807, 2.05) is 19.2 Å². The average molecular weight is 522 g/mol. The maximum Gasteiger partial charge on any atom is 0.193 e. The molecule has 0 unspecified atom stereocenters. The highest BCUT2D eigenvalue weighted by Crippen LogP contribution is 2.26. The molecule has 1 fully saturated rings. The Labute approximate surface area is 196 Å². The van der Waals surface area contributed by atoms with Crippen LogP contribution in [0.2, 0.25) is 0 Å². The summed E-state index contributed by atoms with van der Waals surface area (Å²) in [5, 5.41) is 3.53. The van der Waals surface area contributed by atoms with Crippen LogP contribution in [-0.2, 0) is 12.8 Å². The maximum atomic E-state index is 5.59. The molecule has 4 rings (SSSR count). The average Bonchev–Trinajstić information content (AvgIpc) is 3.25. The van der Waals surface area contributed by atoms with E-state index in [9.17, 15) is 0 Å². The number of nitrogens with zero attached hydrogens (tertiary/aromatic N) is 3. The summed E-state index contributed by atoms with van der Waals surface area (Å²) in [5.41, 5.74) is 3.90. The third-order valence-corrected chi connectivity index (χ3v) is 5.66. The van der Waals surface area contributed by atoms with E-state index in [4.69, 9.17) is 9.47 Å². The van der Waals surface area contributed by atoms with Crippen molar-refractivity contribution in [1.29, 1.82) is 0 Å². The third-order valence-electron chi connectivity index (χ3n) is 5.66. The van der Waals surface area contributed by atoms with E-state index in [-0.39, 0.29) is 24.0 Å². The molecule has 30 heavy (non-hydrogen) atoms. The highest BCUT2D eigenvalue weighted by atomic mass is 127. The van der Waals surface area contributed by atoms with Crippen molar-refractivity contribution in [1.82, 2.24) is 10.2 Å². The van der Waals surface area contributed by atoms with Gasteiger partial charge in [-0.1, -0.05) is 18.2 Å². The van der Waals surface area contributed by atoms with Crippen molar-refractivity contribution >= 4 is 35.6 Å². The van der Waals surface area contributed by atoms with Crippen LogP contribution >= 0.6 is 24.0 Å². The normalized spacial score (nSPS) is 15.9. The number of nitrogens with one attached hydrogen (secondary N) is 1. The molecule has 2 heterocycles. The molecule has 6 nitrogen and oxygen atoms in total. The van der Waals surface area contributed by atoms with Crippen molar-refractivity contribution in [2.75, 3.05) is 58.4 Å². The van der Waals surface area contributed by atoms with Crippen LogP contribution in [0.1, 0.15) is 11.1 Å². The predicted octanol–water partition coefficient (Wildman–Crippen LogP) is 3.19. The lowest BCUT2D eigenvalue weighted by Gasteiger charge is -2.37. The van der Waals surface area contributed by atoms with Crippen molar-refractivity contribution in [2.24, 2.45) is 4.99 Å². The minimum Gasteiger partial charge on any atom is -0.497 e. The second kappa shape index (κ2) is 10.7. The monoisotopic (exact) mass is 522 g/mol. The third kappa shape index (κ3) is 5.30. The Kier molecular flexibility index (Phi) is 8.07. The first kappa shape index (κ1) is 22.5. The van der Waals surface area contributed by atoms with Gasteiger partial charge in [0.1, 0.15) is 11.5 Å². The number of hydrogen-bond donors (Lipinski definition) is 1. The van der Waals surface area contributed by atoms with Gasteiger partial charge in [0.15, 0.2) is 5.96 Å². The number of piperazine rings is 1. The lowest BCUT2D eigenvalue weighted by Crippen LogP contribution is -2.52. The summed E-state index contributed by atoms with van der Waals surface area (Å²) in [6.45, 7) is 5.53. The second-order valence-electron chi connectivity index (χ2n) is 7.44. The number of ether oxygens (including phenoxy) is 2. The fraction of sp³-hybridized carbons (Fsp3) is 0.435. The van der Waals surface area contributed by atoms with Crippen LogP contribution in [0.25, 0.3) is 0 Å². The summed E-state index contributed by atoms with van der Waals surface area (Å²) in [5.74, 6) is 2.94. The minimum absolute atomic E-state index is 0. The van der Waals surface area contributed by atoms with E-state index in [1.165, 1.54) is 16.8 Å². The van der Waals surface area contributed by atoms with Crippen LogP contribution in [0.5, 0.6) is 11.5 Å². The maximum absolute atomic E-state index is 5.59. The summed E-state index contributed by atoms with van der Waals surface area (Å²) < 4.78 is 10.9. The lowest BCUT2D eigenvalue weighted by molar-refractivity contribution is 0.357.